The van der Waals surface area contributed by atoms with Gasteiger partial charge in [-0.15, -0.1) is 0 Å². The van der Waals surface area contributed by atoms with Gasteiger partial charge in [-0.3, -0.25) is 4.79 Å². The molecular weight excluding hydrogens is 332 g/mol. The molecule has 2 aromatic carbocycles. The SMILES string of the molecule is CCCOC(=O)c1ccc(NCC(=O)NCc2ccc(OC)cc2)cc1. The zero-order chi connectivity index (χ0) is 18.8. The van der Waals surface area contributed by atoms with Gasteiger partial charge in [0.2, 0.25) is 5.91 Å². The van der Waals surface area contributed by atoms with Crippen molar-refractivity contribution in [3.05, 3.63) is 59.7 Å². The molecule has 26 heavy (non-hydrogen) atoms. The zero-order valence-corrected chi connectivity index (χ0v) is 15.1. The predicted molar refractivity (Wildman–Crippen MR) is 100 cm³/mol. The van der Waals surface area contributed by atoms with E-state index in [-0.39, 0.29) is 18.4 Å². The fraction of sp³-hybridized carbons (Fsp3) is 0.300. The number of carbonyl (C=O) groups excluding carboxylic acids is 2. The number of amides is 1. The van der Waals surface area contributed by atoms with Crippen LogP contribution >= 0.6 is 0 Å². The number of benzene rings is 2. The molecule has 0 fully saturated rings. The molecule has 0 aliphatic rings. The third-order valence-electron chi connectivity index (χ3n) is 3.66. The molecule has 0 aromatic heterocycles. The summed E-state index contributed by atoms with van der Waals surface area (Å²) in [4.78, 5) is 23.7. The molecule has 6 nitrogen and oxygen atoms in total. The van der Waals surface area contributed by atoms with E-state index in [0.29, 0.717) is 18.7 Å². The molecule has 0 spiro atoms. The number of carbonyl (C=O) groups is 2. The van der Waals surface area contributed by atoms with Crippen LogP contribution < -0.4 is 15.4 Å². The molecule has 0 saturated carbocycles. The second kappa shape index (κ2) is 10.1. The van der Waals surface area contributed by atoms with Gasteiger partial charge in [0.15, 0.2) is 0 Å². The highest BCUT2D eigenvalue weighted by Gasteiger charge is 2.07. The smallest absolute Gasteiger partial charge is 0.338 e. The van der Waals surface area contributed by atoms with Gasteiger partial charge in [-0.05, 0) is 48.4 Å². The first-order valence-electron chi connectivity index (χ1n) is 8.53. The number of rotatable bonds is 9. The first-order chi connectivity index (χ1) is 12.6. The van der Waals surface area contributed by atoms with E-state index in [1.54, 1.807) is 31.4 Å². The van der Waals surface area contributed by atoms with Gasteiger partial charge in [-0.25, -0.2) is 4.79 Å². The molecule has 0 aliphatic heterocycles. The summed E-state index contributed by atoms with van der Waals surface area (Å²) in [6, 6.07) is 14.4. The Morgan fingerprint density at radius 1 is 1.00 bits per heavy atom. The Labute approximate surface area is 153 Å². The van der Waals surface area contributed by atoms with Crippen LogP contribution in [0.4, 0.5) is 5.69 Å². The first-order valence-corrected chi connectivity index (χ1v) is 8.53. The highest BCUT2D eigenvalue weighted by atomic mass is 16.5. The second-order valence-electron chi connectivity index (χ2n) is 5.69. The van der Waals surface area contributed by atoms with E-state index in [1.165, 1.54) is 0 Å². The molecule has 2 N–H and O–H groups in total. The fourth-order valence-electron chi connectivity index (χ4n) is 2.19. The lowest BCUT2D eigenvalue weighted by atomic mass is 10.2. The van der Waals surface area contributed by atoms with Crippen LogP contribution in [0, 0.1) is 0 Å². The molecule has 138 valence electrons. The van der Waals surface area contributed by atoms with Gasteiger partial charge in [0.05, 0.1) is 25.8 Å². The molecule has 0 atom stereocenters. The van der Waals surface area contributed by atoms with Crippen LogP contribution in [0.1, 0.15) is 29.3 Å². The average molecular weight is 356 g/mol. The predicted octanol–water partition coefficient (Wildman–Crippen LogP) is 2.99. The Morgan fingerprint density at radius 2 is 1.69 bits per heavy atom. The highest BCUT2D eigenvalue weighted by Crippen LogP contribution is 2.12. The summed E-state index contributed by atoms with van der Waals surface area (Å²) in [5.41, 5.74) is 2.25. The van der Waals surface area contributed by atoms with Gasteiger partial charge in [0.25, 0.3) is 0 Å². The van der Waals surface area contributed by atoms with Crippen molar-refractivity contribution in [3.8, 4) is 5.75 Å². The van der Waals surface area contributed by atoms with Crippen LogP contribution in [-0.4, -0.2) is 32.1 Å². The molecule has 6 heteroatoms. The quantitative estimate of drug-likeness (QED) is 0.676. The van der Waals surface area contributed by atoms with E-state index in [1.807, 2.05) is 31.2 Å². The summed E-state index contributed by atoms with van der Waals surface area (Å²) >= 11 is 0. The standard InChI is InChI=1S/C20H24N2O4/c1-3-12-26-20(24)16-6-8-17(9-7-16)21-14-19(23)22-13-15-4-10-18(25-2)11-5-15/h4-11,21H,3,12-14H2,1-2H3,(H,22,23). The Morgan fingerprint density at radius 3 is 2.31 bits per heavy atom. The van der Waals surface area contributed by atoms with Crippen molar-refractivity contribution < 1.29 is 19.1 Å². The third-order valence-corrected chi connectivity index (χ3v) is 3.66. The number of anilines is 1. The summed E-state index contributed by atoms with van der Waals surface area (Å²) in [7, 11) is 1.61. The maximum atomic E-state index is 11.9. The number of ether oxygens (including phenoxy) is 2. The summed E-state index contributed by atoms with van der Waals surface area (Å²) in [5.74, 6) is 0.326. The van der Waals surface area contributed by atoms with Crippen LogP contribution in [0.15, 0.2) is 48.5 Å². The van der Waals surface area contributed by atoms with Gasteiger partial charge in [0.1, 0.15) is 5.75 Å². The molecule has 0 aliphatic carbocycles. The summed E-state index contributed by atoms with van der Waals surface area (Å²) < 4.78 is 10.2. The number of esters is 1. The van der Waals surface area contributed by atoms with Gasteiger partial charge >= 0.3 is 5.97 Å². The highest BCUT2D eigenvalue weighted by molar-refractivity contribution is 5.90. The molecule has 1 amide bonds. The van der Waals surface area contributed by atoms with Crippen molar-refractivity contribution >= 4 is 17.6 Å². The van der Waals surface area contributed by atoms with Crippen molar-refractivity contribution in [3.63, 3.8) is 0 Å². The average Bonchev–Trinajstić information content (AvgIpc) is 2.69. The maximum absolute atomic E-state index is 11.9. The van der Waals surface area contributed by atoms with Gasteiger partial charge in [-0.2, -0.15) is 0 Å². The van der Waals surface area contributed by atoms with E-state index >= 15 is 0 Å². The van der Waals surface area contributed by atoms with Crippen LogP contribution in [0.5, 0.6) is 5.75 Å². The minimum atomic E-state index is -0.337. The Balaban J connectivity index is 1.75. The second-order valence-corrected chi connectivity index (χ2v) is 5.69. The number of methoxy groups -OCH3 is 1. The van der Waals surface area contributed by atoms with Crippen LogP contribution in [0.3, 0.4) is 0 Å². The molecule has 0 bridgehead atoms. The van der Waals surface area contributed by atoms with Crippen molar-refractivity contribution in [2.24, 2.45) is 0 Å². The largest absolute Gasteiger partial charge is 0.497 e. The van der Waals surface area contributed by atoms with Crippen molar-refractivity contribution in [2.45, 2.75) is 19.9 Å². The lowest BCUT2D eigenvalue weighted by molar-refractivity contribution is -0.119. The lowest BCUT2D eigenvalue weighted by Crippen LogP contribution is -2.29. The third kappa shape index (κ3) is 6.12. The maximum Gasteiger partial charge on any atom is 0.338 e. The Kier molecular flexibility index (Phi) is 7.49. The lowest BCUT2D eigenvalue weighted by Gasteiger charge is -2.09. The van der Waals surface area contributed by atoms with E-state index in [4.69, 9.17) is 9.47 Å². The molecule has 0 radical (unpaired) electrons. The normalized spacial score (nSPS) is 10.1. The summed E-state index contributed by atoms with van der Waals surface area (Å²) in [6.07, 6.45) is 0.789. The van der Waals surface area contributed by atoms with Gasteiger partial charge < -0.3 is 20.1 Å². The zero-order valence-electron chi connectivity index (χ0n) is 15.1. The topological polar surface area (TPSA) is 76.7 Å². The van der Waals surface area contributed by atoms with E-state index in [0.717, 1.165) is 23.4 Å². The first kappa shape index (κ1) is 19.3. The van der Waals surface area contributed by atoms with Gasteiger partial charge in [0, 0.05) is 12.2 Å². The molecule has 2 aromatic rings. The minimum absolute atomic E-state index is 0.118. The monoisotopic (exact) mass is 356 g/mol. The fourth-order valence-corrected chi connectivity index (χ4v) is 2.19. The molecule has 0 saturated heterocycles. The Bertz CT molecular complexity index is 712. The molecule has 0 heterocycles. The van der Waals surface area contributed by atoms with Crippen LogP contribution in [0.2, 0.25) is 0 Å². The van der Waals surface area contributed by atoms with E-state index in [2.05, 4.69) is 10.6 Å². The molecule has 0 unspecified atom stereocenters. The van der Waals surface area contributed by atoms with Crippen LogP contribution in [0.25, 0.3) is 0 Å². The summed E-state index contributed by atoms with van der Waals surface area (Å²) in [6.45, 7) is 2.95. The van der Waals surface area contributed by atoms with Gasteiger partial charge in [-0.1, -0.05) is 19.1 Å². The van der Waals surface area contributed by atoms with Crippen molar-refractivity contribution in [1.82, 2.24) is 5.32 Å². The number of nitrogens with one attached hydrogen (secondary N) is 2. The Hall–Kier alpha value is -3.02. The van der Waals surface area contributed by atoms with E-state index < -0.39 is 0 Å². The van der Waals surface area contributed by atoms with Crippen molar-refractivity contribution in [2.75, 3.05) is 25.6 Å². The van der Waals surface area contributed by atoms with E-state index in [9.17, 15) is 9.59 Å². The minimum Gasteiger partial charge on any atom is -0.497 e. The number of hydrogen-bond donors (Lipinski definition) is 2. The van der Waals surface area contributed by atoms with Crippen molar-refractivity contribution in [1.29, 1.82) is 0 Å². The van der Waals surface area contributed by atoms with Crippen LogP contribution in [-0.2, 0) is 16.1 Å². The summed E-state index contributed by atoms with van der Waals surface area (Å²) in [5, 5.41) is 5.87. The number of hydrogen-bond acceptors (Lipinski definition) is 5. The molecular formula is C20H24N2O4. The molecule has 2 rings (SSSR count).